The van der Waals surface area contributed by atoms with Gasteiger partial charge < -0.3 is 0 Å². The predicted octanol–water partition coefficient (Wildman–Crippen LogP) is 6.51. The Hall–Kier alpha value is -3.85. The molecule has 2 heterocycles. The maximum atomic E-state index is 13.9. The number of benzene rings is 4. The molecular weight excluding hydrogens is 539 g/mol. The number of rotatable bonds is 6. The van der Waals surface area contributed by atoms with Crippen molar-refractivity contribution in [3.8, 4) is 0 Å². The Labute approximate surface area is 238 Å². The van der Waals surface area contributed by atoms with Crippen LogP contribution in [0.1, 0.15) is 38.2 Å². The Morgan fingerprint density at radius 3 is 2.27 bits per heavy atom. The zero-order valence-electron chi connectivity index (χ0n) is 22.4. The van der Waals surface area contributed by atoms with Crippen molar-refractivity contribution in [2.24, 2.45) is 0 Å². The molecule has 202 valence electrons. The first-order valence-electron chi connectivity index (χ1n) is 13.2. The molecule has 0 radical (unpaired) electrons. The fraction of sp³-hybridized carbons (Fsp3) is 0.188. The van der Waals surface area contributed by atoms with E-state index >= 15 is 0 Å². The van der Waals surface area contributed by atoms with Crippen LogP contribution in [0, 0.1) is 13.8 Å². The Kier molecular flexibility index (Phi) is 7.00. The van der Waals surface area contributed by atoms with E-state index in [0.29, 0.717) is 36.8 Å². The highest BCUT2D eigenvalue weighted by molar-refractivity contribution is 7.89. The largest absolute Gasteiger partial charge is 0.279 e. The van der Waals surface area contributed by atoms with Gasteiger partial charge in [-0.05, 0) is 72.4 Å². The van der Waals surface area contributed by atoms with Crippen molar-refractivity contribution < 1.29 is 13.2 Å². The highest BCUT2D eigenvalue weighted by Crippen LogP contribution is 2.34. The number of hydrogen-bond donors (Lipinski definition) is 0. The number of fused-ring (bicyclic) bond motifs is 2. The van der Waals surface area contributed by atoms with Crippen LogP contribution in [-0.4, -0.2) is 30.2 Å². The van der Waals surface area contributed by atoms with Crippen molar-refractivity contribution >= 4 is 42.6 Å². The summed E-state index contributed by atoms with van der Waals surface area (Å²) >= 11 is 1.50. The third-order valence-electron chi connectivity index (χ3n) is 7.43. The Morgan fingerprint density at radius 2 is 1.55 bits per heavy atom. The monoisotopic (exact) mass is 567 g/mol. The molecule has 0 unspecified atom stereocenters. The molecule has 1 aliphatic rings. The van der Waals surface area contributed by atoms with Crippen LogP contribution < -0.4 is 4.90 Å². The number of anilines is 1. The fourth-order valence-corrected chi connectivity index (χ4v) is 7.63. The molecule has 0 atom stereocenters. The van der Waals surface area contributed by atoms with E-state index in [-0.39, 0.29) is 10.8 Å². The number of sulfonamides is 1. The summed E-state index contributed by atoms with van der Waals surface area (Å²) in [6, 6.07) is 28.2. The van der Waals surface area contributed by atoms with Crippen molar-refractivity contribution in [1.29, 1.82) is 0 Å². The lowest BCUT2D eigenvalue weighted by molar-refractivity contribution is 0.0985. The van der Waals surface area contributed by atoms with Crippen LogP contribution in [0.4, 0.5) is 5.13 Å². The average Bonchev–Trinajstić information content (AvgIpc) is 3.44. The molecule has 0 saturated heterocycles. The Morgan fingerprint density at radius 1 is 0.875 bits per heavy atom. The molecule has 0 saturated carbocycles. The number of aromatic nitrogens is 1. The lowest BCUT2D eigenvalue weighted by atomic mass is 10.0. The van der Waals surface area contributed by atoms with Crippen LogP contribution in [0.3, 0.4) is 0 Å². The van der Waals surface area contributed by atoms with E-state index in [2.05, 4.69) is 12.1 Å². The number of thiazole rings is 1. The number of hydrogen-bond acceptors (Lipinski definition) is 5. The van der Waals surface area contributed by atoms with E-state index < -0.39 is 10.0 Å². The summed E-state index contributed by atoms with van der Waals surface area (Å²) in [5, 5.41) is 0.616. The molecule has 40 heavy (non-hydrogen) atoms. The normalized spacial score (nSPS) is 13.8. The summed E-state index contributed by atoms with van der Waals surface area (Å²) in [5.41, 5.74) is 6.68. The molecule has 6 rings (SSSR count). The van der Waals surface area contributed by atoms with Crippen molar-refractivity contribution in [3.63, 3.8) is 0 Å². The molecule has 0 fully saturated rings. The maximum Gasteiger partial charge on any atom is 0.260 e. The Balaban J connectivity index is 1.31. The van der Waals surface area contributed by atoms with Gasteiger partial charge in [0.15, 0.2) is 5.13 Å². The topological polar surface area (TPSA) is 70.6 Å². The minimum absolute atomic E-state index is 0.185. The zero-order valence-corrected chi connectivity index (χ0v) is 24.0. The van der Waals surface area contributed by atoms with E-state index in [0.717, 1.165) is 32.5 Å². The van der Waals surface area contributed by atoms with E-state index in [1.54, 1.807) is 17.0 Å². The van der Waals surface area contributed by atoms with Crippen LogP contribution in [0.2, 0.25) is 0 Å². The summed E-state index contributed by atoms with van der Waals surface area (Å²) in [4.78, 5) is 20.7. The quantitative estimate of drug-likeness (QED) is 0.235. The molecule has 5 aromatic rings. The fourth-order valence-electron chi connectivity index (χ4n) is 5.11. The van der Waals surface area contributed by atoms with Gasteiger partial charge in [0.1, 0.15) is 0 Å². The van der Waals surface area contributed by atoms with Crippen LogP contribution in [0.15, 0.2) is 95.9 Å². The second-order valence-corrected chi connectivity index (χ2v) is 13.0. The van der Waals surface area contributed by atoms with Gasteiger partial charge in [-0.1, -0.05) is 78.1 Å². The number of carbonyl (C=O) groups is 1. The first-order valence-corrected chi connectivity index (χ1v) is 15.5. The highest BCUT2D eigenvalue weighted by atomic mass is 32.2. The minimum atomic E-state index is -3.70. The number of nitrogens with zero attached hydrogens (tertiary/aromatic N) is 3. The zero-order chi connectivity index (χ0) is 27.9. The average molecular weight is 568 g/mol. The van der Waals surface area contributed by atoms with E-state index in [1.807, 2.05) is 68.4 Å². The first kappa shape index (κ1) is 26.4. The molecular formula is C32H29N3O3S2. The van der Waals surface area contributed by atoms with E-state index in [9.17, 15) is 13.2 Å². The lowest BCUT2D eigenvalue weighted by Crippen LogP contribution is -2.36. The van der Waals surface area contributed by atoms with Gasteiger partial charge in [-0.25, -0.2) is 13.4 Å². The molecule has 0 N–H and O–H groups in total. The van der Waals surface area contributed by atoms with Crippen molar-refractivity contribution in [2.45, 2.75) is 38.3 Å². The van der Waals surface area contributed by atoms with Crippen LogP contribution in [-0.2, 0) is 29.5 Å². The molecule has 1 amide bonds. The lowest BCUT2D eigenvalue weighted by Gasteiger charge is -2.28. The second-order valence-electron chi connectivity index (χ2n) is 10.1. The van der Waals surface area contributed by atoms with Gasteiger partial charge in [0, 0.05) is 18.7 Å². The van der Waals surface area contributed by atoms with Gasteiger partial charge in [-0.3, -0.25) is 9.69 Å². The maximum absolute atomic E-state index is 13.9. The van der Waals surface area contributed by atoms with Gasteiger partial charge >= 0.3 is 0 Å². The van der Waals surface area contributed by atoms with Gasteiger partial charge in [0.25, 0.3) is 5.91 Å². The smallest absolute Gasteiger partial charge is 0.260 e. The summed E-state index contributed by atoms with van der Waals surface area (Å²) in [6.07, 6.45) is 0.682. The van der Waals surface area contributed by atoms with Crippen LogP contribution in [0.5, 0.6) is 0 Å². The van der Waals surface area contributed by atoms with Crippen LogP contribution in [0.25, 0.3) is 10.2 Å². The summed E-state index contributed by atoms with van der Waals surface area (Å²) in [6.45, 7) is 5.20. The SMILES string of the molecule is Cc1ccc(C)c2sc(N(Cc3ccccc3)C(=O)c3ccc(S(=O)(=O)N4CCc5ccccc5C4)cc3)nc12. The summed E-state index contributed by atoms with van der Waals surface area (Å²) in [5.74, 6) is -0.228. The third kappa shape index (κ3) is 4.94. The van der Waals surface area contributed by atoms with Crippen molar-refractivity contribution in [3.05, 3.63) is 124 Å². The van der Waals surface area contributed by atoms with Gasteiger partial charge in [0.2, 0.25) is 10.0 Å². The van der Waals surface area contributed by atoms with Crippen molar-refractivity contribution in [2.75, 3.05) is 11.4 Å². The van der Waals surface area contributed by atoms with Crippen molar-refractivity contribution in [1.82, 2.24) is 9.29 Å². The molecule has 0 aliphatic carbocycles. The Bertz CT molecular complexity index is 1780. The molecule has 0 bridgehead atoms. The standard InChI is InChI=1S/C32H29N3O3S2/c1-22-12-13-23(2)30-29(22)33-32(39-30)35(20-24-8-4-3-5-9-24)31(36)26-14-16-28(17-15-26)40(37,38)34-19-18-25-10-6-7-11-27(25)21-34/h3-17H,18-21H2,1-2H3. The molecule has 4 aromatic carbocycles. The molecule has 0 spiro atoms. The van der Waals surface area contributed by atoms with E-state index in [4.69, 9.17) is 4.98 Å². The summed E-state index contributed by atoms with van der Waals surface area (Å²) in [7, 11) is -3.70. The van der Waals surface area contributed by atoms with Gasteiger partial charge in [-0.2, -0.15) is 4.31 Å². The minimum Gasteiger partial charge on any atom is -0.279 e. The number of carbonyl (C=O) groups excluding carboxylic acids is 1. The number of amides is 1. The first-order chi connectivity index (χ1) is 19.3. The van der Waals surface area contributed by atoms with Gasteiger partial charge in [0.05, 0.1) is 21.7 Å². The second kappa shape index (κ2) is 10.6. The molecule has 1 aliphatic heterocycles. The van der Waals surface area contributed by atoms with E-state index in [1.165, 1.54) is 33.3 Å². The molecule has 1 aromatic heterocycles. The highest BCUT2D eigenvalue weighted by Gasteiger charge is 2.29. The predicted molar refractivity (Wildman–Crippen MR) is 160 cm³/mol. The molecule has 8 heteroatoms. The summed E-state index contributed by atoms with van der Waals surface area (Å²) < 4.78 is 29.5. The molecule has 6 nitrogen and oxygen atoms in total. The number of aryl methyl sites for hydroxylation is 2. The van der Waals surface area contributed by atoms with Crippen LogP contribution >= 0.6 is 11.3 Å². The third-order valence-corrected chi connectivity index (χ3v) is 10.5. The van der Waals surface area contributed by atoms with Gasteiger partial charge in [-0.15, -0.1) is 0 Å².